The third-order valence-corrected chi connectivity index (χ3v) is 8.08. The van der Waals surface area contributed by atoms with Crippen molar-refractivity contribution in [2.24, 2.45) is 0 Å². The Hall–Kier alpha value is -1.71. The molecule has 2 aromatic carbocycles. The molecule has 0 spiro atoms. The van der Waals surface area contributed by atoms with E-state index < -0.39 is 9.84 Å². The molecule has 0 atom stereocenters. The number of rotatable bonds is 8. The normalized spacial score (nSPS) is 11.6. The number of thiazole rings is 1. The number of aryl methyl sites for hydroxylation is 2. The van der Waals surface area contributed by atoms with Crippen LogP contribution in [0.5, 0.6) is 0 Å². The summed E-state index contributed by atoms with van der Waals surface area (Å²) in [5, 5.41) is 1.06. The Labute approximate surface area is 204 Å². The number of benzene rings is 2. The Bertz CT molecular complexity index is 1150. The first-order chi connectivity index (χ1) is 14.6. The van der Waals surface area contributed by atoms with Gasteiger partial charge in [0, 0.05) is 24.5 Å². The summed E-state index contributed by atoms with van der Waals surface area (Å²) in [6, 6.07) is 10.1. The number of carbonyl (C=O) groups excluding carboxylic acids is 1. The van der Waals surface area contributed by atoms with Gasteiger partial charge in [-0.25, -0.2) is 13.4 Å². The van der Waals surface area contributed by atoms with E-state index in [1.807, 2.05) is 38.9 Å². The molecule has 32 heavy (non-hydrogen) atoms. The maximum atomic E-state index is 13.1. The van der Waals surface area contributed by atoms with E-state index in [4.69, 9.17) is 11.6 Å². The van der Waals surface area contributed by atoms with Crippen molar-refractivity contribution in [2.45, 2.75) is 25.2 Å². The van der Waals surface area contributed by atoms with Crippen LogP contribution in [0.2, 0.25) is 5.02 Å². The summed E-state index contributed by atoms with van der Waals surface area (Å²) in [5.74, 6) is -0.526. The highest BCUT2D eigenvalue weighted by molar-refractivity contribution is 7.91. The molecule has 0 N–H and O–H groups in total. The van der Waals surface area contributed by atoms with E-state index in [0.29, 0.717) is 23.2 Å². The Morgan fingerprint density at radius 1 is 1.06 bits per heavy atom. The van der Waals surface area contributed by atoms with Gasteiger partial charge in [0.2, 0.25) is 5.91 Å². The van der Waals surface area contributed by atoms with Gasteiger partial charge in [-0.15, -0.1) is 12.4 Å². The van der Waals surface area contributed by atoms with Crippen molar-refractivity contribution in [2.75, 3.05) is 37.8 Å². The summed E-state index contributed by atoms with van der Waals surface area (Å²) >= 11 is 7.30. The van der Waals surface area contributed by atoms with E-state index in [-0.39, 0.29) is 35.4 Å². The Morgan fingerprint density at radius 2 is 1.69 bits per heavy atom. The van der Waals surface area contributed by atoms with Gasteiger partial charge in [0.1, 0.15) is 0 Å². The minimum Gasteiger partial charge on any atom is -0.308 e. The lowest BCUT2D eigenvalue weighted by atomic mass is 10.1. The van der Waals surface area contributed by atoms with Crippen LogP contribution in [0.15, 0.2) is 41.3 Å². The van der Waals surface area contributed by atoms with Crippen LogP contribution in [0.25, 0.3) is 10.2 Å². The number of amides is 1. The molecule has 10 heteroatoms. The molecular formula is C22H27Cl2N3O3S2. The van der Waals surface area contributed by atoms with Crippen LogP contribution < -0.4 is 4.90 Å². The molecule has 1 aromatic heterocycles. The summed E-state index contributed by atoms with van der Waals surface area (Å²) < 4.78 is 26.3. The summed E-state index contributed by atoms with van der Waals surface area (Å²) in [7, 11) is 0.270. The van der Waals surface area contributed by atoms with E-state index in [2.05, 4.69) is 11.1 Å². The zero-order valence-electron chi connectivity index (χ0n) is 18.5. The van der Waals surface area contributed by atoms with Gasteiger partial charge >= 0.3 is 0 Å². The monoisotopic (exact) mass is 515 g/mol. The van der Waals surface area contributed by atoms with Crippen molar-refractivity contribution in [1.82, 2.24) is 9.88 Å². The van der Waals surface area contributed by atoms with Crippen LogP contribution in [0, 0.1) is 13.8 Å². The summed E-state index contributed by atoms with van der Waals surface area (Å²) in [4.78, 5) is 21.5. The summed E-state index contributed by atoms with van der Waals surface area (Å²) in [6.07, 6.45) is -0.119. The van der Waals surface area contributed by atoms with Crippen molar-refractivity contribution < 1.29 is 13.2 Å². The fourth-order valence-electron chi connectivity index (χ4n) is 3.03. The highest BCUT2D eigenvalue weighted by Gasteiger charge is 2.23. The number of halogens is 2. The molecular weight excluding hydrogens is 489 g/mol. The SMILES string of the molecule is Cc1cc2nc(N(CCN(C)C)C(=O)CCS(=O)(=O)c3ccc(Cl)cc3)sc2cc1C.Cl. The Balaban J connectivity index is 0.00000363. The molecule has 174 valence electrons. The van der Waals surface area contributed by atoms with E-state index in [1.165, 1.54) is 41.2 Å². The number of carbonyl (C=O) groups is 1. The standard InChI is InChI=1S/C22H26ClN3O3S2.ClH/c1-15-13-19-20(14-16(15)2)30-22(24-19)26(11-10-25(3)4)21(27)9-12-31(28,29)18-7-5-17(23)6-8-18;/h5-8,13-14H,9-12H2,1-4H3;1H. The molecule has 3 rings (SSSR count). The van der Waals surface area contributed by atoms with Crippen LogP contribution in [-0.4, -0.2) is 57.1 Å². The molecule has 0 aliphatic rings. The number of hydrogen-bond donors (Lipinski definition) is 0. The molecule has 0 fully saturated rings. The molecule has 0 aliphatic carbocycles. The number of aromatic nitrogens is 1. The van der Waals surface area contributed by atoms with E-state index in [1.54, 1.807) is 4.90 Å². The number of fused-ring (bicyclic) bond motifs is 1. The second-order valence-corrected chi connectivity index (χ2v) is 11.3. The topological polar surface area (TPSA) is 70.6 Å². The molecule has 0 bridgehead atoms. The van der Waals surface area contributed by atoms with Crippen molar-refractivity contribution in [1.29, 1.82) is 0 Å². The van der Waals surface area contributed by atoms with E-state index in [9.17, 15) is 13.2 Å². The number of nitrogens with zero attached hydrogens (tertiary/aromatic N) is 3. The number of likely N-dealkylation sites (N-methyl/N-ethyl adjacent to an activating group) is 1. The Morgan fingerprint density at radius 3 is 2.31 bits per heavy atom. The molecule has 3 aromatic rings. The summed E-state index contributed by atoms with van der Waals surface area (Å²) in [5.41, 5.74) is 3.16. The third-order valence-electron chi connectivity index (χ3n) is 5.05. The molecule has 0 saturated heterocycles. The minimum absolute atomic E-state index is 0. The van der Waals surface area contributed by atoms with Crippen molar-refractivity contribution in [3.63, 3.8) is 0 Å². The predicted molar refractivity (Wildman–Crippen MR) is 135 cm³/mol. The largest absolute Gasteiger partial charge is 0.308 e. The van der Waals surface area contributed by atoms with Gasteiger partial charge in [-0.1, -0.05) is 22.9 Å². The predicted octanol–water partition coefficient (Wildman–Crippen LogP) is 4.75. The van der Waals surface area contributed by atoms with Gasteiger partial charge in [-0.3, -0.25) is 9.69 Å². The number of sulfone groups is 1. The quantitative estimate of drug-likeness (QED) is 0.432. The van der Waals surface area contributed by atoms with Crippen LogP contribution >= 0.6 is 35.3 Å². The van der Waals surface area contributed by atoms with Crippen LogP contribution in [-0.2, 0) is 14.6 Å². The average molecular weight is 517 g/mol. The molecule has 0 radical (unpaired) electrons. The number of hydrogen-bond acceptors (Lipinski definition) is 6. The molecule has 6 nitrogen and oxygen atoms in total. The lowest BCUT2D eigenvalue weighted by Crippen LogP contribution is -2.37. The van der Waals surface area contributed by atoms with Gasteiger partial charge in [-0.2, -0.15) is 0 Å². The van der Waals surface area contributed by atoms with Crippen molar-refractivity contribution >= 4 is 66.4 Å². The molecule has 0 aliphatic heterocycles. The van der Waals surface area contributed by atoms with Crippen molar-refractivity contribution in [3.05, 3.63) is 52.5 Å². The highest BCUT2D eigenvalue weighted by atomic mass is 35.5. The van der Waals surface area contributed by atoms with E-state index >= 15 is 0 Å². The third kappa shape index (κ3) is 6.42. The highest BCUT2D eigenvalue weighted by Crippen LogP contribution is 2.31. The van der Waals surface area contributed by atoms with Crippen LogP contribution in [0.1, 0.15) is 17.5 Å². The first kappa shape index (κ1) is 26.5. The molecule has 0 unspecified atom stereocenters. The maximum absolute atomic E-state index is 13.1. The van der Waals surface area contributed by atoms with Gasteiger partial charge in [-0.05, 0) is 75.5 Å². The second kappa shape index (κ2) is 10.9. The minimum atomic E-state index is -3.59. The van der Waals surface area contributed by atoms with Crippen molar-refractivity contribution in [3.8, 4) is 0 Å². The zero-order chi connectivity index (χ0) is 22.8. The fraction of sp³-hybridized carbons (Fsp3) is 0.364. The van der Waals surface area contributed by atoms with E-state index in [0.717, 1.165) is 15.8 Å². The molecule has 1 amide bonds. The molecule has 1 heterocycles. The van der Waals surface area contributed by atoms with Gasteiger partial charge in [0.15, 0.2) is 15.0 Å². The first-order valence-electron chi connectivity index (χ1n) is 9.88. The van der Waals surface area contributed by atoms with Gasteiger partial charge in [0.05, 0.1) is 20.9 Å². The fourth-order valence-corrected chi connectivity index (χ4v) is 5.47. The second-order valence-electron chi connectivity index (χ2n) is 7.77. The average Bonchev–Trinajstić information content (AvgIpc) is 3.09. The summed E-state index contributed by atoms with van der Waals surface area (Å²) in [6.45, 7) is 5.16. The van der Waals surface area contributed by atoms with Gasteiger partial charge < -0.3 is 4.90 Å². The molecule has 0 saturated carbocycles. The smallest absolute Gasteiger partial charge is 0.229 e. The maximum Gasteiger partial charge on any atom is 0.229 e. The van der Waals surface area contributed by atoms with Crippen LogP contribution in [0.4, 0.5) is 5.13 Å². The van der Waals surface area contributed by atoms with Crippen LogP contribution in [0.3, 0.4) is 0 Å². The first-order valence-corrected chi connectivity index (χ1v) is 12.7. The number of anilines is 1. The van der Waals surface area contributed by atoms with Gasteiger partial charge in [0.25, 0.3) is 0 Å². The lowest BCUT2D eigenvalue weighted by Gasteiger charge is -2.22. The Kier molecular flexibility index (Phi) is 9.07. The zero-order valence-corrected chi connectivity index (χ0v) is 21.7. The lowest BCUT2D eigenvalue weighted by molar-refractivity contribution is -0.118.